The van der Waals surface area contributed by atoms with E-state index >= 15 is 0 Å². The highest BCUT2D eigenvalue weighted by Gasteiger charge is 2.35. The zero-order valence-corrected chi connectivity index (χ0v) is 19.0. The molecule has 4 rings (SSSR count). The van der Waals surface area contributed by atoms with Gasteiger partial charge in [0.1, 0.15) is 16.9 Å². The maximum Gasteiger partial charge on any atom is 0.261 e. The van der Waals surface area contributed by atoms with Crippen LogP contribution in [0.25, 0.3) is 0 Å². The van der Waals surface area contributed by atoms with Crippen molar-refractivity contribution in [2.45, 2.75) is 17.2 Å². The van der Waals surface area contributed by atoms with Crippen molar-refractivity contribution in [2.75, 3.05) is 22.5 Å². The summed E-state index contributed by atoms with van der Waals surface area (Å²) >= 11 is 1.50. The van der Waals surface area contributed by atoms with Crippen LogP contribution in [0.4, 0.5) is 15.8 Å². The molecule has 166 valence electrons. The van der Waals surface area contributed by atoms with Crippen LogP contribution in [0.3, 0.4) is 0 Å². The maximum absolute atomic E-state index is 13.1. The minimum absolute atomic E-state index is 0.0232. The number of halogens is 1. The predicted octanol–water partition coefficient (Wildman–Crippen LogP) is 4.72. The molecule has 3 aromatic carbocycles. The Morgan fingerprint density at radius 3 is 2.41 bits per heavy atom. The van der Waals surface area contributed by atoms with Gasteiger partial charge in [0, 0.05) is 5.69 Å². The minimum atomic E-state index is -3.84. The molecular formula is C23H21FN2O4S2. The number of sulfonamides is 1. The number of rotatable bonds is 6. The van der Waals surface area contributed by atoms with Gasteiger partial charge in [0.2, 0.25) is 5.91 Å². The van der Waals surface area contributed by atoms with Gasteiger partial charge in [-0.05, 0) is 66.6 Å². The quantitative estimate of drug-likeness (QED) is 0.562. The van der Waals surface area contributed by atoms with Gasteiger partial charge in [-0.2, -0.15) is 0 Å². The molecule has 1 N–H and O–H groups in total. The molecular weight excluding hydrogens is 451 g/mol. The van der Waals surface area contributed by atoms with E-state index in [4.69, 9.17) is 4.74 Å². The topological polar surface area (TPSA) is 75.7 Å². The fourth-order valence-electron chi connectivity index (χ4n) is 3.46. The molecule has 1 saturated heterocycles. The second-order valence-electron chi connectivity index (χ2n) is 7.28. The van der Waals surface area contributed by atoms with Crippen molar-refractivity contribution >= 4 is 39.1 Å². The molecule has 1 atom stereocenters. The molecule has 0 aliphatic carbocycles. The molecule has 32 heavy (non-hydrogen) atoms. The van der Waals surface area contributed by atoms with E-state index in [1.54, 1.807) is 36.3 Å². The Kier molecular flexibility index (Phi) is 6.12. The highest BCUT2D eigenvalue weighted by Crippen LogP contribution is 2.45. The molecule has 9 heteroatoms. The van der Waals surface area contributed by atoms with Crippen LogP contribution in [0, 0.1) is 12.7 Å². The first-order valence-corrected chi connectivity index (χ1v) is 12.3. The van der Waals surface area contributed by atoms with Crippen molar-refractivity contribution in [3.8, 4) is 5.75 Å². The summed E-state index contributed by atoms with van der Waals surface area (Å²) in [6.07, 6.45) is 0. The van der Waals surface area contributed by atoms with Crippen LogP contribution in [0.2, 0.25) is 0 Å². The van der Waals surface area contributed by atoms with Gasteiger partial charge in [0.15, 0.2) is 0 Å². The Balaban J connectivity index is 1.59. The van der Waals surface area contributed by atoms with Crippen LogP contribution in [0.1, 0.15) is 16.5 Å². The fraction of sp³-hybridized carbons (Fsp3) is 0.174. The number of nitrogens with one attached hydrogen (secondary N) is 1. The number of nitrogens with zero attached hydrogens (tertiary/aromatic N) is 1. The first kappa shape index (κ1) is 22.2. The number of hydrogen-bond acceptors (Lipinski definition) is 5. The van der Waals surface area contributed by atoms with Gasteiger partial charge < -0.3 is 4.74 Å². The summed E-state index contributed by atoms with van der Waals surface area (Å²) in [5.74, 6) is 0.414. The predicted molar refractivity (Wildman–Crippen MR) is 124 cm³/mol. The van der Waals surface area contributed by atoms with Gasteiger partial charge in [-0.25, -0.2) is 12.8 Å². The Morgan fingerprint density at radius 2 is 1.75 bits per heavy atom. The van der Waals surface area contributed by atoms with E-state index in [0.29, 0.717) is 22.9 Å². The highest BCUT2D eigenvalue weighted by atomic mass is 32.2. The van der Waals surface area contributed by atoms with Crippen molar-refractivity contribution in [1.29, 1.82) is 0 Å². The molecule has 3 aromatic rings. The molecule has 1 fully saturated rings. The molecule has 0 spiro atoms. The number of anilines is 2. The van der Waals surface area contributed by atoms with Gasteiger partial charge in [-0.1, -0.05) is 18.2 Å². The zero-order chi connectivity index (χ0) is 22.9. The Morgan fingerprint density at radius 1 is 1.06 bits per heavy atom. The summed E-state index contributed by atoms with van der Waals surface area (Å²) in [4.78, 5) is 14.4. The summed E-state index contributed by atoms with van der Waals surface area (Å²) in [5.41, 5.74) is 2.93. The third kappa shape index (κ3) is 4.44. The number of hydrogen-bond donors (Lipinski definition) is 1. The second-order valence-corrected chi connectivity index (χ2v) is 10.0. The molecule has 6 nitrogen and oxygen atoms in total. The molecule has 0 bridgehead atoms. The van der Waals surface area contributed by atoms with E-state index in [9.17, 15) is 17.6 Å². The van der Waals surface area contributed by atoms with Crippen molar-refractivity contribution in [2.24, 2.45) is 0 Å². The lowest BCUT2D eigenvalue weighted by molar-refractivity contribution is -0.115. The minimum Gasteiger partial charge on any atom is -0.495 e. The number of benzene rings is 3. The van der Waals surface area contributed by atoms with E-state index in [1.807, 2.05) is 25.1 Å². The monoisotopic (exact) mass is 472 g/mol. The lowest BCUT2D eigenvalue weighted by Gasteiger charge is -2.26. The van der Waals surface area contributed by atoms with Crippen LogP contribution in [0.15, 0.2) is 71.6 Å². The van der Waals surface area contributed by atoms with Crippen molar-refractivity contribution in [1.82, 2.24) is 0 Å². The van der Waals surface area contributed by atoms with Crippen molar-refractivity contribution in [3.05, 3.63) is 83.7 Å². The molecule has 1 aliphatic rings. The SMILES string of the molecule is COc1ccc(C)cc1N1C(=O)CS[C@H]1c1ccc(NS(=O)(=O)c2ccc(F)cc2)cc1. The molecule has 0 unspecified atom stereocenters. The fourth-order valence-corrected chi connectivity index (χ4v) is 5.69. The van der Waals surface area contributed by atoms with Gasteiger partial charge in [-0.15, -0.1) is 11.8 Å². The van der Waals surface area contributed by atoms with Gasteiger partial charge in [0.05, 0.1) is 23.4 Å². The van der Waals surface area contributed by atoms with E-state index in [-0.39, 0.29) is 16.2 Å². The second kappa shape index (κ2) is 8.84. The molecule has 0 saturated carbocycles. The summed E-state index contributed by atoms with van der Waals surface area (Å²) in [6, 6.07) is 17.2. The molecule has 1 aliphatic heterocycles. The number of carbonyl (C=O) groups is 1. The van der Waals surface area contributed by atoms with Crippen LogP contribution in [-0.2, 0) is 14.8 Å². The smallest absolute Gasteiger partial charge is 0.261 e. The molecule has 0 radical (unpaired) electrons. The van der Waals surface area contributed by atoms with Crippen molar-refractivity contribution in [3.63, 3.8) is 0 Å². The van der Waals surface area contributed by atoms with Crippen LogP contribution >= 0.6 is 11.8 Å². The Hall–Kier alpha value is -3.04. The first-order chi connectivity index (χ1) is 15.3. The number of aryl methyl sites for hydroxylation is 1. The van der Waals surface area contributed by atoms with Crippen LogP contribution < -0.4 is 14.4 Å². The van der Waals surface area contributed by atoms with Crippen LogP contribution in [-0.4, -0.2) is 27.2 Å². The van der Waals surface area contributed by atoms with Gasteiger partial charge in [0.25, 0.3) is 10.0 Å². The maximum atomic E-state index is 13.1. The average molecular weight is 473 g/mol. The summed E-state index contributed by atoms with van der Waals surface area (Å²) in [7, 11) is -2.27. The number of amides is 1. The third-order valence-electron chi connectivity index (χ3n) is 5.03. The van der Waals surface area contributed by atoms with E-state index < -0.39 is 15.8 Å². The largest absolute Gasteiger partial charge is 0.495 e. The first-order valence-electron chi connectivity index (χ1n) is 9.75. The van der Waals surface area contributed by atoms with Crippen LogP contribution in [0.5, 0.6) is 5.75 Å². The standard InChI is InChI=1S/C23H21FN2O4S2/c1-15-3-12-21(30-2)20(13-15)26-22(27)14-31-23(26)16-4-8-18(9-5-16)25-32(28,29)19-10-6-17(24)7-11-19/h3-13,23,25H,14H2,1-2H3/t23-/m0/s1. The van der Waals surface area contributed by atoms with Crippen molar-refractivity contribution < 1.29 is 22.3 Å². The molecule has 1 amide bonds. The molecule has 0 aromatic heterocycles. The van der Waals surface area contributed by atoms with Gasteiger partial charge >= 0.3 is 0 Å². The Labute approximate surface area is 190 Å². The zero-order valence-electron chi connectivity index (χ0n) is 17.4. The third-order valence-corrected chi connectivity index (χ3v) is 7.64. The Bertz CT molecular complexity index is 1250. The van der Waals surface area contributed by atoms with Gasteiger partial charge in [-0.3, -0.25) is 14.4 Å². The summed E-state index contributed by atoms with van der Waals surface area (Å²) in [6.45, 7) is 1.95. The van der Waals surface area contributed by atoms with E-state index in [1.165, 1.54) is 23.9 Å². The van der Waals surface area contributed by atoms with E-state index in [2.05, 4.69) is 4.72 Å². The molecule has 1 heterocycles. The number of thioether (sulfide) groups is 1. The van der Waals surface area contributed by atoms with E-state index in [0.717, 1.165) is 23.3 Å². The number of ether oxygens (including phenoxy) is 1. The number of carbonyl (C=O) groups excluding carboxylic acids is 1. The number of methoxy groups -OCH3 is 1. The average Bonchev–Trinajstić information content (AvgIpc) is 3.15. The summed E-state index contributed by atoms with van der Waals surface area (Å²) in [5, 5.41) is -0.263. The normalized spacial score (nSPS) is 16.3. The lowest BCUT2D eigenvalue weighted by atomic mass is 10.1. The lowest BCUT2D eigenvalue weighted by Crippen LogP contribution is -2.28. The highest BCUT2D eigenvalue weighted by molar-refractivity contribution is 8.00. The summed E-state index contributed by atoms with van der Waals surface area (Å²) < 4.78 is 46.1.